The van der Waals surface area contributed by atoms with Crippen LogP contribution in [0, 0.1) is 0 Å². The molecule has 0 bridgehead atoms. The van der Waals surface area contributed by atoms with E-state index < -0.39 is 5.92 Å². The second kappa shape index (κ2) is 10.6. The van der Waals surface area contributed by atoms with Gasteiger partial charge in [-0.25, -0.2) is 23.7 Å². The van der Waals surface area contributed by atoms with Gasteiger partial charge in [-0.05, 0) is 19.4 Å². The molecular weight excluding hydrogens is 390 g/mol. The van der Waals surface area contributed by atoms with Crippen LogP contribution in [-0.2, 0) is 10.7 Å². The zero-order valence-electron chi connectivity index (χ0n) is 17.6. The molecular formula is C21H28F2N6O. The Hall–Kier alpha value is -3.10. The number of aliphatic imine (C=N–C) groups is 1. The first-order valence-electron chi connectivity index (χ1n) is 9.83. The van der Waals surface area contributed by atoms with Gasteiger partial charge in [0.15, 0.2) is 5.84 Å². The molecule has 1 N–H and O–H groups in total. The normalized spacial score (nSPS) is 16.2. The molecule has 30 heavy (non-hydrogen) atoms. The van der Waals surface area contributed by atoms with Crippen LogP contribution in [0.4, 0.5) is 14.7 Å². The Balaban J connectivity index is 2.23. The lowest BCUT2D eigenvalue weighted by Gasteiger charge is -2.36. The van der Waals surface area contributed by atoms with E-state index in [0.29, 0.717) is 37.7 Å². The molecule has 1 saturated heterocycles. The maximum absolute atomic E-state index is 13.4. The lowest BCUT2D eigenvalue weighted by Crippen LogP contribution is -2.51. The number of alkyl halides is 2. The zero-order valence-corrected chi connectivity index (χ0v) is 17.6. The highest BCUT2D eigenvalue weighted by Crippen LogP contribution is 2.25. The van der Waals surface area contributed by atoms with E-state index in [4.69, 9.17) is 0 Å². The molecule has 1 aromatic rings. The molecule has 0 aromatic carbocycles. The summed E-state index contributed by atoms with van der Waals surface area (Å²) >= 11 is 0. The largest absolute Gasteiger partial charge is 0.351 e. The van der Waals surface area contributed by atoms with Crippen LogP contribution in [0.15, 0.2) is 54.1 Å². The maximum Gasteiger partial charge on any atom is 0.273 e. The summed E-state index contributed by atoms with van der Waals surface area (Å²) in [7, 11) is 0. The third-order valence-corrected chi connectivity index (χ3v) is 4.47. The number of nitrogens with zero attached hydrogens (tertiary/aromatic N) is 5. The fourth-order valence-corrected chi connectivity index (χ4v) is 2.88. The smallest absolute Gasteiger partial charge is 0.273 e. The molecule has 0 saturated carbocycles. The number of carbonyl (C=O) groups is 1. The van der Waals surface area contributed by atoms with Gasteiger partial charge in [0.05, 0.1) is 11.3 Å². The summed E-state index contributed by atoms with van der Waals surface area (Å²) in [6.45, 7) is 10.5. The lowest BCUT2D eigenvalue weighted by atomic mass is 10.2. The van der Waals surface area contributed by atoms with Gasteiger partial charge >= 0.3 is 0 Å². The fourth-order valence-electron chi connectivity index (χ4n) is 2.88. The quantitative estimate of drug-likeness (QED) is 0.416. The minimum absolute atomic E-state index is 0.0924. The van der Waals surface area contributed by atoms with Crippen LogP contribution in [0.5, 0.6) is 0 Å². The van der Waals surface area contributed by atoms with Crippen LogP contribution in [0.3, 0.4) is 0 Å². The molecule has 9 heteroatoms. The van der Waals surface area contributed by atoms with E-state index in [1.165, 1.54) is 6.08 Å². The summed E-state index contributed by atoms with van der Waals surface area (Å²) in [5.74, 6) is -2.21. The van der Waals surface area contributed by atoms with Gasteiger partial charge in [-0.3, -0.25) is 4.79 Å². The molecule has 2 rings (SSSR count). The van der Waals surface area contributed by atoms with Gasteiger partial charge in [0, 0.05) is 51.7 Å². The van der Waals surface area contributed by atoms with Crippen molar-refractivity contribution in [3.05, 3.63) is 54.7 Å². The maximum atomic E-state index is 13.4. The summed E-state index contributed by atoms with van der Waals surface area (Å²) in [6, 6.07) is 0. The van der Waals surface area contributed by atoms with E-state index in [0.717, 1.165) is 25.7 Å². The third-order valence-electron chi connectivity index (χ3n) is 4.47. The first-order valence-corrected chi connectivity index (χ1v) is 9.83. The van der Waals surface area contributed by atoms with Crippen LogP contribution in [-0.4, -0.2) is 57.7 Å². The van der Waals surface area contributed by atoms with Gasteiger partial charge in [0.2, 0.25) is 11.9 Å². The molecule has 0 radical (unpaired) electrons. The summed E-state index contributed by atoms with van der Waals surface area (Å²) in [5.41, 5.74) is 0.426. The van der Waals surface area contributed by atoms with E-state index in [1.54, 1.807) is 11.1 Å². The first kappa shape index (κ1) is 23.2. The van der Waals surface area contributed by atoms with Crippen LogP contribution in [0.25, 0.3) is 0 Å². The van der Waals surface area contributed by atoms with Crippen LogP contribution < -0.4 is 5.32 Å². The SMILES string of the molecule is C=CC(=O)N1CCN(C(=N\C=C/C)/C(=C/CC)Nc2ncc(C(C)(F)F)cn2)CC1. The van der Waals surface area contributed by atoms with E-state index in [-0.39, 0.29) is 17.4 Å². The highest BCUT2D eigenvalue weighted by atomic mass is 19.3. The van der Waals surface area contributed by atoms with Crippen LogP contribution in [0.2, 0.25) is 0 Å². The monoisotopic (exact) mass is 418 g/mol. The summed E-state index contributed by atoms with van der Waals surface area (Å²) in [5, 5.41) is 3.10. The minimum atomic E-state index is -3.00. The van der Waals surface area contributed by atoms with E-state index >= 15 is 0 Å². The molecule has 162 valence electrons. The van der Waals surface area contributed by atoms with Crippen molar-refractivity contribution in [2.45, 2.75) is 33.1 Å². The molecule has 1 aliphatic heterocycles. The Labute approximate surface area is 175 Å². The number of aromatic nitrogens is 2. The van der Waals surface area contributed by atoms with Gasteiger partial charge in [0.25, 0.3) is 5.92 Å². The molecule has 1 aliphatic rings. The number of allylic oxidation sites excluding steroid dienone is 2. The molecule has 1 fully saturated rings. The Kier molecular flexibility index (Phi) is 8.20. The van der Waals surface area contributed by atoms with Gasteiger partial charge in [-0.15, -0.1) is 0 Å². The topological polar surface area (TPSA) is 73.7 Å². The van der Waals surface area contributed by atoms with Gasteiger partial charge < -0.3 is 15.1 Å². The van der Waals surface area contributed by atoms with Crippen molar-refractivity contribution in [3.63, 3.8) is 0 Å². The molecule has 1 amide bonds. The molecule has 0 atom stereocenters. The zero-order chi connectivity index (χ0) is 22.1. The number of amides is 1. The number of anilines is 1. The third kappa shape index (κ3) is 6.20. The number of carbonyl (C=O) groups excluding carboxylic acids is 1. The highest BCUT2D eigenvalue weighted by Gasteiger charge is 2.26. The van der Waals surface area contributed by atoms with Crippen LogP contribution >= 0.6 is 0 Å². The van der Waals surface area contributed by atoms with Crippen LogP contribution in [0.1, 0.15) is 32.8 Å². The van der Waals surface area contributed by atoms with Crippen molar-refractivity contribution in [1.29, 1.82) is 0 Å². The highest BCUT2D eigenvalue weighted by molar-refractivity contribution is 6.01. The van der Waals surface area contributed by atoms with Crippen molar-refractivity contribution in [2.24, 2.45) is 4.99 Å². The molecule has 7 nitrogen and oxygen atoms in total. The van der Waals surface area contributed by atoms with E-state index in [9.17, 15) is 13.6 Å². The number of hydrogen-bond donors (Lipinski definition) is 1. The Morgan fingerprint density at radius 3 is 2.37 bits per heavy atom. The minimum Gasteiger partial charge on any atom is -0.351 e. The van der Waals surface area contributed by atoms with E-state index in [1.807, 2.05) is 26.0 Å². The van der Waals surface area contributed by atoms with Crippen molar-refractivity contribution < 1.29 is 13.6 Å². The Bertz CT molecular complexity index is 819. The van der Waals surface area contributed by atoms with E-state index in [2.05, 4.69) is 31.8 Å². The number of nitrogens with one attached hydrogen (secondary N) is 1. The number of hydrogen-bond acceptors (Lipinski definition) is 5. The van der Waals surface area contributed by atoms with Gasteiger partial charge in [0.1, 0.15) is 0 Å². The summed E-state index contributed by atoms with van der Waals surface area (Å²) < 4.78 is 26.8. The molecule has 0 aliphatic carbocycles. The number of halogens is 2. The fraction of sp³-hybridized carbons (Fsp3) is 0.429. The van der Waals surface area contributed by atoms with Crippen molar-refractivity contribution in [2.75, 3.05) is 31.5 Å². The Morgan fingerprint density at radius 2 is 1.87 bits per heavy atom. The van der Waals surface area contributed by atoms with Crippen molar-refractivity contribution in [1.82, 2.24) is 19.8 Å². The standard InChI is InChI=1S/C21H28F2N6O/c1-5-8-17(27-20-25-14-16(15-26-20)21(4,22)23)19(24-9-6-2)29-12-10-28(11-13-29)18(30)7-3/h6-9,14-15H,3,5,10-13H2,1-2,4H3,(H,25,26,27)/b9-6-,17-8-,24-19-. The molecule has 2 heterocycles. The number of piperazine rings is 1. The molecule has 1 aromatic heterocycles. The van der Waals surface area contributed by atoms with Gasteiger partial charge in [-0.2, -0.15) is 0 Å². The second-order valence-corrected chi connectivity index (χ2v) is 6.79. The predicted octanol–water partition coefficient (Wildman–Crippen LogP) is 3.56. The molecule has 0 unspecified atom stereocenters. The number of amidine groups is 1. The average molecular weight is 418 g/mol. The lowest BCUT2D eigenvalue weighted by molar-refractivity contribution is -0.127. The predicted molar refractivity (Wildman–Crippen MR) is 114 cm³/mol. The average Bonchev–Trinajstić information content (AvgIpc) is 2.73. The number of rotatable bonds is 7. The second-order valence-electron chi connectivity index (χ2n) is 6.79. The first-order chi connectivity index (χ1) is 14.3. The van der Waals surface area contributed by atoms with Gasteiger partial charge in [-0.1, -0.05) is 25.7 Å². The summed E-state index contributed by atoms with van der Waals surface area (Å²) in [6.07, 6.45) is 9.70. The molecule has 0 spiro atoms. The van der Waals surface area contributed by atoms with Crippen molar-refractivity contribution in [3.8, 4) is 0 Å². The Morgan fingerprint density at radius 1 is 1.27 bits per heavy atom. The van der Waals surface area contributed by atoms with Crippen molar-refractivity contribution >= 4 is 17.7 Å². The summed E-state index contributed by atoms with van der Waals surface area (Å²) in [4.78, 5) is 28.3.